The van der Waals surface area contributed by atoms with Gasteiger partial charge in [0.25, 0.3) is 11.5 Å². The summed E-state index contributed by atoms with van der Waals surface area (Å²) in [7, 11) is -2.84. The molecule has 17 heteroatoms. The van der Waals surface area contributed by atoms with Crippen LogP contribution in [0.2, 0.25) is 0 Å². The topological polar surface area (TPSA) is 177 Å². The number of alkyl halides is 1. The number of benzene rings is 2. The van der Waals surface area contributed by atoms with Crippen LogP contribution in [-0.4, -0.2) is 87.0 Å². The maximum atomic E-state index is 16.5. The molecule has 60 heavy (non-hydrogen) atoms. The number of likely N-dealkylation sites (tertiary alicyclic amines) is 1. The van der Waals surface area contributed by atoms with Crippen LogP contribution in [0.4, 0.5) is 4.39 Å². The summed E-state index contributed by atoms with van der Waals surface area (Å²) >= 11 is 1.16. The van der Waals surface area contributed by atoms with Gasteiger partial charge in [0.2, 0.25) is 17.7 Å². The predicted octanol–water partition coefficient (Wildman–Crippen LogP) is 5.92. The number of esters is 1. The van der Waals surface area contributed by atoms with E-state index in [1.807, 2.05) is 6.92 Å². The van der Waals surface area contributed by atoms with Crippen LogP contribution in [0.15, 0.2) is 77.7 Å². The van der Waals surface area contributed by atoms with Crippen LogP contribution >= 0.6 is 18.9 Å². The average Bonchev–Trinajstić information content (AvgIpc) is 3.98. The van der Waals surface area contributed by atoms with E-state index in [1.165, 1.54) is 41.8 Å². The molecule has 3 aliphatic heterocycles. The Morgan fingerprint density at radius 2 is 1.80 bits per heavy atom. The van der Waals surface area contributed by atoms with Crippen molar-refractivity contribution < 1.29 is 42.5 Å². The maximum absolute atomic E-state index is 16.5. The molecule has 320 valence electrons. The van der Waals surface area contributed by atoms with Gasteiger partial charge in [-0.3, -0.25) is 28.5 Å². The van der Waals surface area contributed by atoms with E-state index in [1.54, 1.807) is 59.4 Å². The van der Waals surface area contributed by atoms with Crippen molar-refractivity contribution in [3.05, 3.63) is 99.3 Å². The fraction of sp³-hybridized carbons (Fsp3) is 0.465. The van der Waals surface area contributed by atoms with Crippen LogP contribution in [0.3, 0.4) is 0 Å². The first-order valence-electron chi connectivity index (χ1n) is 20.5. The molecule has 2 aromatic heterocycles. The second-order valence-electron chi connectivity index (χ2n) is 16.0. The average molecular weight is 864 g/mol. The molecule has 3 fully saturated rings. The summed E-state index contributed by atoms with van der Waals surface area (Å²) in [6.07, 6.45) is 6.17. The van der Waals surface area contributed by atoms with Crippen LogP contribution in [0.1, 0.15) is 91.9 Å². The van der Waals surface area contributed by atoms with Gasteiger partial charge < -0.3 is 34.1 Å². The van der Waals surface area contributed by atoms with Gasteiger partial charge in [-0.15, -0.1) is 11.3 Å². The standard InChI is InChI=1S/C43H51FN5O9PS/c1-4-22-57-42(54)27(2)46-59(56,58-32-11-6-5-7-12-32)38(44)28-14-17-35-29(23-28)24-36(60-35)39(51)45-33-13-9-8-10-31-15-16-34(49(31)40(33)52)41(53)48-21-19-43(55,26-48)30-18-20-47(3)37(50)25-30/h5-7,11-12,14,17-18,20,23-25,27,31,33-34,38,55H,4,8-10,13,15-16,19,21-22,26H2,1-3H3,(H,45,51)(H,46,56)/t27-,31-,33?,34-,38?,43?,59?/m0/s1. The van der Waals surface area contributed by atoms with Crippen molar-refractivity contribution in [2.45, 2.75) is 101 Å². The highest BCUT2D eigenvalue weighted by atomic mass is 32.1. The van der Waals surface area contributed by atoms with E-state index < -0.39 is 49.0 Å². The first kappa shape index (κ1) is 43.2. The van der Waals surface area contributed by atoms with E-state index in [-0.39, 0.29) is 65.7 Å². The molecule has 4 aromatic rings. The van der Waals surface area contributed by atoms with Crippen molar-refractivity contribution in [1.82, 2.24) is 24.8 Å². The quantitative estimate of drug-likeness (QED) is 0.108. The maximum Gasteiger partial charge on any atom is 0.355 e. The summed E-state index contributed by atoms with van der Waals surface area (Å²) in [5.41, 5.74) is -1.20. The summed E-state index contributed by atoms with van der Waals surface area (Å²) in [5.74, 6) is -3.86. The van der Waals surface area contributed by atoms with E-state index in [9.17, 15) is 33.6 Å². The Bertz CT molecular complexity index is 2360. The van der Waals surface area contributed by atoms with E-state index in [4.69, 9.17) is 9.26 Å². The number of carbonyl (C=O) groups excluding carboxylic acids is 4. The number of thiophene rings is 1. The highest BCUT2D eigenvalue weighted by Gasteiger charge is 2.48. The van der Waals surface area contributed by atoms with Crippen molar-refractivity contribution in [2.75, 3.05) is 19.7 Å². The third-order valence-corrected chi connectivity index (χ3v) is 14.9. The number of hydrogen-bond donors (Lipinski definition) is 3. The molecule has 3 aliphatic rings. The molecule has 2 aromatic carbocycles. The number of β-amino-alcohol motifs (C(OH)–C–C–N with tert-alkyl or cyclic N) is 1. The van der Waals surface area contributed by atoms with Gasteiger partial charge in [-0.1, -0.05) is 44.0 Å². The molecule has 0 radical (unpaired) electrons. The highest BCUT2D eigenvalue weighted by Crippen LogP contribution is 2.58. The molecule has 7 rings (SSSR count). The molecule has 5 heterocycles. The van der Waals surface area contributed by atoms with Gasteiger partial charge in [-0.2, -0.15) is 0 Å². The van der Waals surface area contributed by atoms with E-state index in [0.29, 0.717) is 47.8 Å². The molecular weight excluding hydrogens is 813 g/mol. The second-order valence-corrected chi connectivity index (χ2v) is 19.1. The first-order valence-corrected chi connectivity index (χ1v) is 23.0. The molecular formula is C43H51FN5O9PS. The second kappa shape index (κ2) is 18.0. The van der Waals surface area contributed by atoms with Crippen LogP contribution in [0.25, 0.3) is 10.1 Å². The number of para-hydroxylation sites is 1. The lowest BCUT2D eigenvalue weighted by atomic mass is 9.94. The first-order chi connectivity index (χ1) is 28.7. The number of rotatable bonds is 13. The minimum Gasteiger partial charge on any atom is -0.465 e. The Labute approximate surface area is 351 Å². The lowest BCUT2D eigenvalue weighted by Crippen LogP contribution is -2.56. The van der Waals surface area contributed by atoms with Gasteiger partial charge in [0, 0.05) is 36.6 Å². The molecule has 7 atom stereocenters. The van der Waals surface area contributed by atoms with Gasteiger partial charge in [0.15, 0.2) is 0 Å². The zero-order chi connectivity index (χ0) is 42.8. The zero-order valence-corrected chi connectivity index (χ0v) is 35.6. The van der Waals surface area contributed by atoms with Crippen LogP contribution in [0, 0.1) is 0 Å². The number of aryl methyl sites for hydroxylation is 1. The van der Waals surface area contributed by atoms with Crippen LogP contribution in [0.5, 0.6) is 5.75 Å². The molecule has 0 saturated carbocycles. The summed E-state index contributed by atoms with van der Waals surface area (Å²) in [6, 6.07) is 14.3. The minimum absolute atomic E-state index is 0.0000843. The smallest absolute Gasteiger partial charge is 0.355 e. The fourth-order valence-electron chi connectivity index (χ4n) is 8.35. The van der Waals surface area contributed by atoms with Crippen LogP contribution in [-0.2, 0) is 36.3 Å². The number of pyridine rings is 1. The normalized spacial score (nSPS) is 23.9. The van der Waals surface area contributed by atoms with E-state index in [0.717, 1.165) is 24.2 Å². The Morgan fingerprint density at radius 3 is 2.55 bits per heavy atom. The van der Waals surface area contributed by atoms with Crippen molar-refractivity contribution in [1.29, 1.82) is 0 Å². The lowest BCUT2D eigenvalue weighted by Gasteiger charge is -2.36. The van der Waals surface area contributed by atoms with Gasteiger partial charge in [-0.25, -0.2) is 9.48 Å². The molecule has 3 amide bonds. The Kier molecular flexibility index (Phi) is 13.0. The Morgan fingerprint density at radius 1 is 1.03 bits per heavy atom. The number of halogens is 1. The number of nitrogens with zero attached hydrogens (tertiary/aromatic N) is 3. The number of fused-ring (bicyclic) bond motifs is 2. The van der Waals surface area contributed by atoms with E-state index >= 15 is 4.39 Å². The number of ether oxygens (including phenoxy) is 1. The largest absolute Gasteiger partial charge is 0.465 e. The summed E-state index contributed by atoms with van der Waals surface area (Å²) in [6.45, 7) is 3.68. The number of aromatic nitrogens is 1. The van der Waals surface area contributed by atoms with Gasteiger partial charge >= 0.3 is 13.5 Å². The number of amides is 3. The fourth-order valence-corrected chi connectivity index (χ4v) is 11.2. The zero-order valence-electron chi connectivity index (χ0n) is 33.9. The summed E-state index contributed by atoms with van der Waals surface area (Å²) in [4.78, 5) is 70.6. The van der Waals surface area contributed by atoms with Gasteiger partial charge in [0.05, 0.1) is 18.0 Å². The SMILES string of the molecule is CCCOC(=O)[C@H](C)NP(=O)(Oc1ccccc1)C(F)c1ccc2sc(C(=O)NC3CCCC[C@H]4CC[C@@H](C(=O)N5CCC(O)(c6ccn(C)c(=O)c6)C5)N4C3=O)cc2c1. The Balaban J connectivity index is 1.06. The molecule has 3 saturated heterocycles. The van der Waals surface area contributed by atoms with Crippen molar-refractivity contribution in [2.24, 2.45) is 7.05 Å². The number of carbonyl (C=O) groups is 4. The molecule has 0 aliphatic carbocycles. The van der Waals surface area contributed by atoms with Crippen molar-refractivity contribution in [3.63, 3.8) is 0 Å². The monoisotopic (exact) mass is 863 g/mol. The molecule has 3 N–H and O–H groups in total. The van der Waals surface area contributed by atoms with Gasteiger partial charge in [-0.05, 0) is 98.4 Å². The van der Waals surface area contributed by atoms with E-state index in [2.05, 4.69) is 10.4 Å². The van der Waals surface area contributed by atoms with Gasteiger partial charge in [0.1, 0.15) is 29.5 Å². The highest BCUT2D eigenvalue weighted by molar-refractivity contribution is 7.57. The molecule has 4 unspecified atom stereocenters. The third kappa shape index (κ3) is 9.07. The number of nitrogens with one attached hydrogen (secondary N) is 2. The summed E-state index contributed by atoms with van der Waals surface area (Å²) < 4.78 is 43.8. The minimum atomic E-state index is -4.47. The number of hydrogen-bond acceptors (Lipinski definition) is 10. The third-order valence-electron chi connectivity index (χ3n) is 11.6. The lowest BCUT2D eigenvalue weighted by molar-refractivity contribution is -0.147. The molecule has 0 bridgehead atoms. The van der Waals surface area contributed by atoms with Crippen molar-refractivity contribution in [3.8, 4) is 5.75 Å². The molecule has 14 nitrogen and oxygen atoms in total. The van der Waals surface area contributed by atoms with Crippen molar-refractivity contribution >= 4 is 52.6 Å². The Hall–Kier alpha value is -4.89. The van der Waals surface area contributed by atoms with Crippen LogP contribution < -0.4 is 20.5 Å². The predicted molar refractivity (Wildman–Crippen MR) is 224 cm³/mol. The molecule has 0 spiro atoms. The number of aliphatic hydroxyl groups is 1. The summed E-state index contributed by atoms with van der Waals surface area (Å²) in [5, 5.41) is 17.5.